The standard InChI is InChI=1S/C25H38N2O4/c1-18-16-24(31-15-8-26-6-11-29-12-7-26)20(3)23-17-21(4-5-22(18)23)19(2)25(28)27-9-13-30-14-10-27/h16,19,21H,4-15,17H2,1-3H3/t19-,21+/m0/s1. The smallest absolute Gasteiger partial charge is 0.225 e. The van der Waals surface area contributed by atoms with Crippen LogP contribution in [0.25, 0.3) is 0 Å². The SMILES string of the molecule is Cc1cc(OCCN2CCOCC2)c(C)c2c1CC[C@@H]([C@H](C)C(=O)N1CCOCC1)C2. The molecule has 1 aromatic carbocycles. The van der Waals surface area contributed by atoms with Gasteiger partial charge in [0.1, 0.15) is 12.4 Å². The van der Waals surface area contributed by atoms with Crippen molar-refractivity contribution in [2.75, 3.05) is 65.8 Å². The molecule has 0 bridgehead atoms. The number of carbonyl (C=O) groups excluding carboxylic acids is 1. The Kier molecular flexibility index (Phi) is 7.51. The second-order valence-electron chi connectivity index (χ2n) is 9.31. The largest absolute Gasteiger partial charge is 0.492 e. The second kappa shape index (κ2) is 10.3. The fourth-order valence-electron chi connectivity index (χ4n) is 5.28. The van der Waals surface area contributed by atoms with E-state index in [0.29, 0.717) is 31.6 Å². The van der Waals surface area contributed by atoms with Gasteiger partial charge in [0.2, 0.25) is 5.91 Å². The Morgan fingerprint density at radius 2 is 1.77 bits per heavy atom. The number of morpholine rings is 2. The van der Waals surface area contributed by atoms with Crippen molar-refractivity contribution in [3.05, 3.63) is 28.3 Å². The van der Waals surface area contributed by atoms with Gasteiger partial charge in [-0.15, -0.1) is 0 Å². The van der Waals surface area contributed by atoms with Crippen LogP contribution in [0.5, 0.6) is 5.75 Å². The number of rotatable bonds is 6. The first-order chi connectivity index (χ1) is 15.0. The van der Waals surface area contributed by atoms with E-state index in [-0.39, 0.29) is 5.92 Å². The first-order valence-electron chi connectivity index (χ1n) is 12.0. The molecule has 0 aromatic heterocycles. The van der Waals surface area contributed by atoms with Crippen LogP contribution < -0.4 is 4.74 Å². The fraction of sp³-hybridized carbons (Fsp3) is 0.720. The van der Waals surface area contributed by atoms with E-state index in [9.17, 15) is 4.79 Å². The number of nitrogens with zero attached hydrogens (tertiary/aromatic N) is 2. The molecule has 2 fully saturated rings. The summed E-state index contributed by atoms with van der Waals surface area (Å²) in [5, 5.41) is 0. The van der Waals surface area contributed by atoms with Crippen LogP contribution in [0.1, 0.15) is 35.6 Å². The normalized spacial score (nSPS) is 23.3. The number of ether oxygens (including phenoxy) is 3. The number of benzene rings is 1. The molecule has 1 aromatic rings. The molecular weight excluding hydrogens is 392 g/mol. The van der Waals surface area contributed by atoms with Crippen LogP contribution in [0.15, 0.2) is 6.07 Å². The zero-order chi connectivity index (χ0) is 21.8. The topological polar surface area (TPSA) is 51.2 Å². The Morgan fingerprint density at radius 1 is 1.10 bits per heavy atom. The van der Waals surface area contributed by atoms with Crippen molar-refractivity contribution in [3.8, 4) is 5.75 Å². The lowest BCUT2D eigenvalue weighted by atomic mass is 9.74. The lowest BCUT2D eigenvalue weighted by Crippen LogP contribution is -2.45. The van der Waals surface area contributed by atoms with Gasteiger partial charge in [0.15, 0.2) is 0 Å². The van der Waals surface area contributed by atoms with Crippen LogP contribution in [0.3, 0.4) is 0 Å². The van der Waals surface area contributed by atoms with E-state index >= 15 is 0 Å². The highest BCUT2D eigenvalue weighted by atomic mass is 16.5. The van der Waals surface area contributed by atoms with Gasteiger partial charge in [-0.25, -0.2) is 0 Å². The molecule has 172 valence electrons. The zero-order valence-corrected chi connectivity index (χ0v) is 19.5. The highest BCUT2D eigenvalue weighted by Crippen LogP contribution is 2.38. The van der Waals surface area contributed by atoms with Gasteiger partial charge in [0.25, 0.3) is 0 Å². The molecule has 6 heteroatoms. The number of hydrogen-bond donors (Lipinski definition) is 0. The third-order valence-electron chi connectivity index (χ3n) is 7.43. The molecule has 2 saturated heterocycles. The van der Waals surface area contributed by atoms with E-state index in [1.54, 1.807) is 0 Å². The Bertz CT molecular complexity index is 769. The molecule has 3 aliphatic rings. The van der Waals surface area contributed by atoms with Gasteiger partial charge in [-0.3, -0.25) is 9.69 Å². The molecule has 4 rings (SSSR count). The lowest BCUT2D eigenvalue weighted by molar-refractivity contribution is -0.141. The molecule has 2 atom stereocenters. The van der Waals surface area contributed by atoms with E-state index in [0.717, 1.165) is 70.9 Å². The van der Waals surface area contributed by atoms with Crippen molar-refractivity contribution >= 4 is 5.91 Å². The number of aryl methyl sites for hydroxylation is 1. The second-order valence-corrected chi connectivity index (χ2v) is 9.31. The highest BCUT2D eigenvalue weighted by Gasteiger charge is 2.33. The minimum absolute atomic E-state index is 0.0526. The van der Waals surface area contributed by atoms with Gasteiger partial charge in [-0.2, -0.15) is 0 Å². The van der Waals surface area contributed by atoms with Crippen molar-refractivity contribution in [2.24, 2.45) is 11.8 Å². The number of amides is 1. The molecule has 31 heavy (non-hydrogen) atoms. The summed E-state index contributed by atoms with van der Waals surface area (Å²) in [6, 6.07) is 2.22. The molecular formula is C25H38N2O4. The average Bonchev–Trinajstić information content (AvgIpc) is 2.82. The van der Waals surface area contributed by atoms with Gasteiger partial charge < -0.3 is 19.1 Å². The molecule has 1 amide bonds. The summed E-state index contributed by atoms with van der Waals surface area (Å²) in [4.78, 5) is 17.4. The van der Waals surface area contributed by atoms with Crippen molar-refractivity contribution in [2.45, 2.75) is 40.0 Å². The van der Waals surface area contributed by atoms with Crippen LogP contribution in [0.4, 0.5) is 0 Å². The number of hydrogen-bond acceptors (Lipinski definition) is 5. The lowest BCUT2D eigenvalue weighted by Gasteiger charge is -2.35. The Balaban J connectivity index is 1.41. The van der Waals surface area contributed by atoms with Gasteiger partial charge in [-0.1, -0.05) is 6.92 Å². The van der Waals surface area contributed by atoms with Crippen LogP contribution in [0, 0.1) is 25.7 Å². The molecule has 0 spiro atoms. The van der Waals surface area contributed by atoms with E-state index in [2.05, 4.69) is 31.7 Å². The van der Waals surface area contributed by atoms with Crippen LogP contribution in [-0.2, 0) is 27.1 Å². The summed E-state index contributed by atoms with van der Waals surface area (Å²) >= 11 is 0. The highest BCUT2D eigenvalue weighted by molar-refractivity contribution is 5.79. The average molecular weight is 431 g/mol. The van der Waals surface area contributed by atoms with Gasteiger partial charge >= 0.3 is 0 Å². The quantitative estimate of drug-likeness (QED) is 0.695. The fourth-order valence-corrected chi connectivity index (χ4v) is 5.28. The van der Waals surface area contributed by atoms with Gasteiger partial charge in [-0.05, 0) is 67.3 Å². The molecule has 2 heterocycles. The predicted octanol–water partition coefficient (Wildman–Crippen LogP) is 2.61. The molecule has 2 aliphatic heterocycles. The van der Waals surface area contributed by atoms with Crippen molar-refractivity contribution in [1.29, 1.82) is 0 Å². The molecule has 1 aliphatic carbocycles. The summed E-state index contributed by atoms with van der Waals surface area (Å²) in [7, 11) is 0. The molecule has 0 radical (unpaired) electrons. The van der Waals surface area contributed by atoms with E-state index in [4.69, 9.17) is 14.2 Å². The van der Waals surface area contributed by atoms with E-state index in [1.165, 1.54) is 22.3 Å². The summed E-state index contributed by atoms with van der Waals surface area (Å²) in [5.41, 5.74) is 5.48. The van der Waals surface area contributed by atoms with Crippen LogP contribution >= 0.6 is 0 Å². The monoisotopic (exact) mass is 430 g/mol. The van der Waals surface area contributed by atoms with Gasteiger partial charge in [0.05, 0.1) is 26.4 Å². The first kappa shape index (κ1) is 22.6. The maximum Gasteiger partial charge on any atom is 0.225 e. The maximum absolute atomic E-state index is 13.1. The molecule has 6 nitrogen and oxygen atoms in total. The van der Waals surface area contributed by atoms with E-state index < -0.39 is 0 Å². The van der Waals surface area contributed by atoms with E-state index in [1.807, 2.05) is 4.90 Å². The molecule has 0 unspecified atom stereocenters. The van der Waals surface area contributed by atoms with Crippen molar-refractivity contribution in [3.63, 3.8) is 0 Å². The van der Waals surface area contributed by atoms with Crippen LogP contribution in [0.2, 0.25) is 0 Å². The molecule has 0 saturated carbocycles. The summed E-state index contributed by atoms with van der Waals surface area (Å²) in [6.45, 7) is 14.6. The summed E-state index contributed by atoms with van der Waals surface area (Å²) in [6.07, 6.45) is 3.11. The third kappa shape index (κ3) is 5.24. The van der Waals surface area contributed by atoms with Gasteiger partial charge in [0, 0.05) is 38.6 Å². The minimum atomic E-state index is 0.0526. The van der Waals surface area contributed by atoms with Crippen molar-refractivity contribution < 1.29 is 19.0 Å². The molecule has 0 N–H and O–H groups in total. The van der Waals surface area contributed by atoms with Crippen molar-refractivity contribution in [1.82, 2.24) is 9.80 Å². The Morgan fingerprint density at radius 3 is 2.48 bits per heavy atom. The zero-order valence-electron chi connectivity index (χ0n) is 19.5. The third-order valence-corrected chi connectivity index (χ3v) is 7.43. The summed E-state index contributed by atoms with van der Waals surface area (Å²) < 4.78 is 17.1. The minimum Gasteiger partial charge on any atom is -0.492 e. The Labute approximate surface area is 186 Å². The maximum atomic E-state index is 13.1. The predicted molar refractivity (Wildman–Crippen MR) is 121 cm³/mol. The number of fused-ring (bicyclic) bond motifs is 1. The first-order valence-corrected chi connectivity index (χ1v) is 12.0. The van der Waals surface area contributed by atoms with Crippen LogP contribution in [-0.4, -0.2) is 81.5 Å². The Hall–Kier alpha value is -1.63. The number of carbonyl (C=O) groups is 1. The summed E-state index contributed by atoms with van der Waals surface area (Å²) in [5.74, 6) is 1.75.